The summed E-state index contributed by atoms with van der Waals surface area (Å²) in [5.74, 6) is 0. The van der Waals surface area contributed by atoms with Gasteiger partial charge in [-0.3, -0.25) is 0 Å². The number of hydrogen-bond donors (Lipinski definition) is 0. The average molecular weight is 673 g/mol. The average Bonchev–Trinajstić information content (AvgIpc) is 3.95. The van der Waals surface area contributed by atoms with E-state index >= 15 is 0 Å². The van der Waals surface area contributed by atoms with Crippen LogP contribution in [-0.4, -0.2) is 9.13 Å². The fourth-order valence-electron chi connectivity index (χ4n) is 9.62. The van der Waals surface area contributed by atoms with Crippen LogP contribution >= 0.6 is 0 Å². The summed E-state index contributed by atoms with van der Waals surface area (Å²) in [7, 11) is 0. The third-order valence-electron chi connectivity index (χ3n) is 11.8. The zero-order chi connectivity index (χ0) is 34.4. The molecule has 0 saturated heterocycles. The Morgan fingerprint density at radius 2 is 1.00 bits per heavy atom. The molecule has 0 amide bonds. The predicted molar refractivity (Wildman–Crippen MR) is 222 cm³/mol. The van der Waals surface area contributed by atoms with Crippen molar-refractivity contribution >= 4 is 87.1 Å². The molecule has 9 aromatic carbocycles. The first-order valence-electron chi connectivity index (χ1n) is 18.3. The molecular weight excluding hydrogens is 645 g/mol. The highest BCUT2D eigenvalue weighted by Crippen LogP contribution is 2.50. The highest BCUT2D eigenvalue weighted by molar-refractivity contribution is 6.31. The Labute approximate surface area is 303 Å². The number of benzene rings is 9. The van der Waals surface area contributed by atoms with Gasteiger partial charge in [-0.2, -0.15) is 0 Å². The van der Waals surface area contributed by atoms with Gasteiger partial charge in [-0.15, -0.1) is 0 Å². The quantitative estimate of drug-likeness (QED) is 0.179. The number of aromatic nitrogens is 2. The van der Waals surface area contributed by atoms with Crippen LogP contribution in [0.1, 0.15) is 0 Å². The Morgan fingerprint density at radius 3 is 1.91 bits per heavy atom. The topological polar surface area (TPSA) is 23.0 Å². The van der Waals surface area contributed by atoms with Crippen LogP contribution in [0, 0.1) is 0 Å². The van der Waals surface area contributed by atoms with Crippen molar-refractivity contribution in [2.75, 3.05) is 0 Å². The molecule has 0 bridgehead atoms. The van der Waals surface area contributed by atoms with Gasteiger partial charge in [-0.05, 0) is 98.4 Å². The van der Waals surface area contributed by atoms with Crippen LogP contribution in [0.3, 0.4) is 0 Å². The Bertz CT molecular complexity index is 3570. The lowest BCUT2D eigenvalue weighted by Crippen LogP contribution is -1.96. The van der Waals surface area contributed by atoms with E-state index in [-0.39, 0.29) is 0 Å². The van der Waals surface area contributed by atoms with Gasteiger partial charge in [0.2, 0.25) is 0 Å². The Hall–Kier alpha value is -7.10. The molecule has 53 heavy (non-hydrogen) atoms. The van der Waals surface area contributed by atoms with Gasteiger partial charge in [0, 0.05) is 38.3 Å². The molecule has 0 aliphatic heterocycles. The van der Waals surface area contributed by atoms with E-state index in [0.717, 1.165) is 33.3 Å². The molecule has 12 aromatic rings. The smallest absolute Gasteiger partial charge is 0.137 e. The third kappa shape index (κ3) is 3.49. The first-order valence-corrected chi connectivity index (χ1v) is 18.3. The van der Waals surface area contributed by atoms with Crippen molar-refractivity contribution in [3.8, 4) is 33.6 Å². The van der Waals surface area contributed by atoms with Crippen molar-refractivity contribution in [2.24, 2.45) is 0 Å². The van der Waals surface area contributed by atoms with Crippen LogP contribution in [0.5, 0.6) is 0 Å². The van der Waals surface area contributed by atoms with Gasteiger partial charge in [0.05, 0.1) is 27.5 Å². The SMILES string of the molecule is c1ccc2cc(-n3c4ccccc4c4ccc5c(c6ccc7oc8ccccc8c7c6n5-c5ccc6c(c5)-c5cccc7cccc-6c57)c43)ccc2c1. The van der Waals surface area contributed by atoms with Crippen molar-refractivity contribution in [3.05, 3.63) is 170 Å². The molecular formula is C50H28N2O. The number of hydrogen-bond acceptors (Lipinski definition) is 1. The van der Waals surface area contributed by atoms with Gasteiger partial charge in [0.15, 0.2) is 0 Å². The Balaban J connectivity index is 1.22. The zero-order valence-corrected chi connectivity index (χ0v) is 28.5. The maximum absolute atomic E-state index is 6.55. The molecule has 0 fully saturated rings. The minimum atomic E-state index is 0.896. The summed E-state index contributed by atoms with van der Waals surface area (Å²) in [5.41, 5.74) is 14.0. The molecule has 0 atom stereocenters. The van der Waals surface area contributed by atoms with Gasteiger partial charge < -0.3 is 13.6 Å². The summed E-state index contributed by atoms with van der Waals surface area (Å²) < 4.78 is 11.5. The first kappa shape index (κ1) is 27.6. The van der Waals surface area contributed by atoms with Crippen LogP contribution in [0.15, 0.2) is 174 Å². The summed E-state index contributed by atoms with van der Waals surface area (Å²) in [4.78, 5) is 0. The summed E-state index contributed by atoms with van der Waals surface area (Å²) in [5, 5.41) is 12.3. The molecule has 0 unspecified atom stereocenters. The van der Waals surface area contributed by atoms with E-state index < -0.39 is 0 Å². The maximum atomic E-state index is 6.55. The van der Waals surface area contributed by atoms with Gasteiger partial charge >= 0.3 is 0 Å². The van der Waals surface area contributed by atoms with Crippen molar-refractivity contribution in [1.82, 2.24) is 9.13 Å². The monoisotopic (exact) mass is 672 g/mol. The van der Waals surface area contributed by atoms with Crippen LogP contribution in [0.25, 0.3) is 121 Å². The second-order valence-corrected chi connectivity index (χ2v) is 14.4. The largest absolute Gasteiger partial charge is 0.456 e. The molecule has 3 heterocycles. The highest BCUT2D eigenvalue weighted by atomic mass is 16.3. The van der Waals surface area contributed by atoms with Crippen molar-refractivity contribution in [2.45, 2.75) is 0 Å². The molecule has 0 N–H and O–H groups in total. The van der Waals surface area contributed by atoms with Crippen molar-refractivity contribution in [3.63, 3.8) is 0 Å². The zero-order valence-electron chi connectivity index (χ0n) is 28.5. The third-order valence-corrected chi connectivity index (χ3v) is 11.8. The number of fused-ring (bicyclic) bond motifs is 15. The molecule has 0 saturated carbocycles. The summed E-state index contributed by atoms with van der Waals surface area (Å²) in [6, 6.07) is 62.3. The normalized spacial score (nSPS) is 12.5. The van der Waals surface area contributed by atoms with E-state index in [2.05, 4.69) is 179 Å². The summed E-state index contributed by atoms with van der Waals surface area (Å²) >= 11 is 0. The summed E-state index contributed by atoms with van der Waals surface area (Å²) in [6.45, 7) is 0. The number of nitrogens with zero attached hydrogens (tertiary/aromatic N) is 2. The van der Waals surface area contributed by atoms with E-state index in [9.17, 15) is 0 Å². The van der Waals surface area contributed by atoms with Crippen LogP contribution in [0.2, 0.25) is 0 Å². The molecule has 3 aromatic heterocycles. The fourth-order valence-corrected chi connectivity index (χ4v) is 9.62. The molecule has 0 spiro atoms. The molecule has 3 nitrogen and oxygen atoms in total. The van der Waals surface area contributed by atoms with Gasteiger partial charge in [-0.25, -0.2) is 0 Å². The summed E-state index contributed by atoms with van der Waals surface area (Å²) in [6.07, 6.45) is 0. The molecule has 3 heteroatoms. The number of para-hydroxylation sites is 2. The molecule has 244 valence electrons. The van der Waals surface area contributed by atoms with Crippen LogP contribution < -0.4 is 0 Å². The van der Waals surface area contributed by atoms with E-state index in [1.165, 1.54) is 87.4 Å². The van der Waals surface area contributed by atoms with E-state index in [1.807, 2.05) is 0 Å². The minimum absolute atomic E-state index is 0.896. The van der Waals surface area contributed by atoms with Gasteiger partial charge in [-0.1, -0.05) is 115 Å². The second-order valence-electron chi connectivity index (χ2n) is 14.4. The molecule has 13 rings (SSSR count). The fraction of sp³-hybridized carbons (Fsp3) is 0. The van der Waals surface area contributed by atoms with Crippen LogP contribution in [-0.2, 0) is 0 Å². The van der Waals surface area contributed by atoms with Gasteiger partial charge in [0.1, 0.15) is 11.2 Å². The van der Waals surface area contributed by atoms with E-state index in [1.54, 1.807) is 0 Å². The minimum Gasteiger partial charge on any atom is -0.456 e. The standard InChI is InChI=1S/C50H28N2O/c1-2-10-31-27-32(20-19-29(31)9-1)51-42-17-5-3-13-35(42)38-23-25-43-47(49(38)51)40-24-26-45-48(39-14-4-6-18-44(39)53-45)50(40)52(43)33-21-22-34-36-15-7-11-30-12-8-16-37(46(30)36)41(34)28-33/h1-28H. The lowest BCUT2D eigenvalue weighted by molar-refractivity contribution is 0.669. The van der Waals surface area contributed by atoms with Crippen molar-refractivity contribution < 1.29 is 4.42 Å². The Kier molecular flexibility index (Phi) is 5.11. The maximum Gasteiger partial charge on any atom is 0.137 e. The van der Waals surface area contributed by atoms with Crippen molar-refractivity contribution in [1.29, 1.82) is 0 Å². The highest BCUT2D eigenvalue weighted by Gasteiger charge is 2.26. The molecule has 0 radical (unpaired) electrons. The molecule has 1 aliphatic rings. The predicted octanol–water partition coefficient (Wildman–Crippen LogP) is 13.7. The second kappa shape index (κ2) is 9.81. The lowest BCUT2D eigenvalue weighted by Gasteiger charge is -2.12. The first-order chi connectivity index (χ1) is 26.3. The lowest BCUT2D eigenvalue weighted by atomic mass is 10.0. The number of furan rings is 1. The Morgan fingerprint density at radius 1 is 0.321 bits per heavy atom. The number of rotatable bonds is 2. The van der Waals surface area contributed by atoms with Gasteiger partial charge in [0.25, 0.3) is 0 Å². The van der Waals surface area contributed by atoms with E-state index in [4.69, 9.17) is 4.42 Å². The molecule has 1 aliphatic carbocycles. The van der Waals surface area contributed by atoms with E-state index in [0.29, 0.717) is 0 Å². The van der Waals surface area contributed by atoms with Crippen LogP contribution in [0.4, 0.5) is 0 Å².